The summed E-state index contributed by atoms with van der Waals surface area (Å²) in [5.41, 5.74) is 2.16. The van der Waals surface area contributed by atoms with E-state index in [4.69, 9.17) is 15.0 Å². The number of aryl methyl sites for hydroxylation is 1. The third kappa shape index (κ3) is 3.37. The Morgan fingerprint density at radius 1 is 1.25 bits per heavy atom. The molecule has 0 radical (unpaired) electrons. The molecule has 1 aromatic carbocycles. The van der Waals surface area contributed by atoms with Gasteiger partial charge in [-0.3, -0.25) is 0 Å². The Morgan fingerprint density at radius 3 is 2.60 bits per heavy atom. The fourth-order valence-corrected chi connectivity index (χ4v) is 3.05. The first-order valence-electron chi connectivity index (χ1n) is 6.87. The zero-order valence-corrected chi connectivity index (χ0v) is 12.7. The van der Waals surface area contributed by atoms with Crippen LogP contribution in [-0.2, 0) is 12.8 Å². The van der Waals surface area contributed by atoms with Crippen molar-refractivity contribution in [3.63, 3.8) is 0 Å². The van der Waals surface area contributed by atoms with Crippen molar-refractivity contribution in [3.05, 3.63) is 34.8 Å². The predicted octanol–water partition coefficient (Wildman–Crippen LogP) is 4.23. The zero-order valence-electron chi connectivity index (χ0n) is 11.8. The molecule has 0 bridgehead atoms. The Hall–Kier alpha value is -1.86. The lowest BCUT2D eigenvalue weighted by Crippen LogP contribution is -1.91. The molecule has 0 saturated carbocycles. The van der Waals surface area contributed by atoms with Gasteiger partial charge in [-0.25, -0.2) is 4.98 Å². The normalized spacial score (nSPS) is 10.2. The molecule has 3 nitrogen and oxygen atoms in total. The van der Waals surface area contributed by atoms with E-state index in [1.165, 1.54) is 0 Å². The lowest BCUT2D eigenvalue weighted by atomic mass is 10.2. The van der Waals surface area contributed by atoms with E-state index in [0.29, 0.717) is 13.0 Å². The minimum absolute atomic E-state index is 0.448. The predicted molar refractivity (Wildman–Crippen MR) is 82.0 cm³/mol. The van der Waals surface area contributed by atoms with Crippen molar-refractivity contribution < 1.29 is 4.74 Å². The summed E-state index contributed by atoms with van der Waals surface area (Å²) in [4.78, 5) is 5.79. The molecule has 0 amide bonds. The molecule has 104 valence electrons. The summed E-state index contributed by atoms with van der Waals surface area (Å²) in [5, 5.41) is 9.89. The van der Waals surface area contributed by atoms with Crippen LogP contribution in [0.5, 0.6) is 5.75 Å². The van der Waals surface area contributed by atoms with E-state index < -0.39 is 0 Å². The molecular weight excluding hydrogens is 268 g/mol. The van der Waals surface area contributed by atoms with Gasteiger partial charge in [-0.05, 0) is 37.6 Å². The third-order valence-electron chi connectivity index (χ3n) is 2.92. The molecule has 0 aliphatic rings. The van der Waals surface area contributed by atoms with Crippen LogP contribution >= 0.6 is 11.3 Å². The molecule has 0 atom stereocenters. The van der Waals surface area contributed by atoms with Crippen LogP contribution in [0.2, 0.25) is 0 Å². The van der Waals surface area contributed by atoms with Crippen LogP contribution in [-0.4, -0.2) is 11.6 Å². The second-order valence-electron chi connectivity index (χ2n) is 4.43. The molecule has 0 aliphatic carbocycles. The highest BCUT2D eigenvalue weighted by atomic mass is 32.1. The van der Waals surface area contributed by atoms with Gasteiger partial charge in [-0.2, -0.15) is 5.26 Å². The largest absolute Gasteiger partial charge is 0.494 e. The first-order chi connectivity index (χ1) is 9.78. The van der Waals surface area contributed by atoms with E-state index in [1.807, 2.05) is 31.2 Å². The van der Waals surface area contributed by atoms with Gasteiger partial charge in [0.15, 0.2) is 0 Å². The molecule has 2 aromatic rings. The van der Waals surface area contributed by atoms with Gasteiger partial charge in [-0.15, -0.1) is 11.3 Å². The van der Waals surface area contributed by atoms with E-state index >= 15 is 0 Å². The van der Waals surface area contributed by atoms with Crippen molar-refractivity contribution in [1.29, 1.82) is 5.26 Å². The molecular formula is C16H18N2OS. The second-order valence-corrected chi connectivity index (χ2v) is 5.51. The summed E-state index contributed by atoms with van der Waals surface area (Å²) in [6, 6.07) is 10.2. The highest BCUT2D eigenvalue weighted by molar-refractivity contribution is 7.15. The molecule has 0 aliphatic heterocycles. The Kier molecular flexibility index (Phi) is 5.14. The number of rotatable bonds is 6. The van der Waals surface area contributed by atoms with Crippen molar-refractivity contribution in [2.24, 2.45) is 0 Å². The van der Waals surface area contributed by atoms with Gasteiger partial charge in [0.2, 0.25) is 0 Å². The van der Waals surface area contributed by atoms with Crippen LogP contribution in [0.1, 0.15) is 30.8 Å². The van der Waals surface area contributed by atoms with E-state index in [1.54, 1.807) is 11.3 Å². The van der Waals surface area contributed by atoms with Crippen LogP contribution in [0.25, 0.3) is 10.6 Å². The first-order valence-corrected chi connectivity index (χ1v) is 7.68. The van der Waals surface area contributed by atoms with Crippen molar-refractivity contribution in [1.82, 2.24) is 4.98 Å². The number of hydrogen-bond donors (Lipinski definition) is 0. The topological polar surface area (TPSA) is 45.9 Å². The van der Waals surface area contributed by atoms with Gasteiger partial charge in [0.25, 0.3) is 0 Å². The lowest BCUT2D eigenvalue weighted by molar-refractivity contribution is 0.340. The fourth-order valence-electron chi connectivity index (χ4n) is 2.01. The summed E-state index contributed by atoms with van der Waals surface area (Å²) in [6.07, 6.45) is 2.43. The fraction of sp³-hybridized carbons (Fsp3) is 0.375. The molecule has 1 aromatic heterocycles. The Bertz CT molecular complexity index is 596. The summed E-state index contributed by atoms with van der Waals surface area (Å²) in [7, 11) is 0. The Labute approximate surface area is 123 Å². The van der Waals surface area contributed by atoms with Gasteiger partial charge < -0.3 is 4.74 Å². The average molecular weight is 286 g/mol. The van der Waals surface area contributed by atoms with Gasteiger partial charge >= 0.3 is 0 Å². The number of thiazole rings is 1. The summed E-state index contributed by atoms with van der Waals surface area (Å²) in [5.74, 6) is 0.874. The molecule has 2 rings (SSSR count). The molecule has 1 heterocycles. The summed E-state index contributed by atoms with van der Waals surface area (Å²) >= 11 is 1.62. The highest BCUT2D eigenvalue weighted by Crippen LogP contribution is 2.30. The maximum absolute atomic E-state index is 8.90. The number of benzene rings is 1. The van der Waals surface area contributed by atoms with E-state index in [-0.39, 0.29) is 0 Å². The van der Waals surface area contributed by atoms with Crippen LogP contribution in [0, 0.1) is 11.3 Å². The van der Waals surface area contributed by atoms with E-state index in [9.17, 15) is 0 Å². The van der Waals surface area contributed by atoms with E-state index in [0.717, 1.165) is 39.7 Å². The Morgan fingerprint density at radius 2 is 2.00 bits per heavy atom. The van der Waals surface area contributed by atoms with Crippen LogP contribution in [0.15, 0.2) is 24.3 Å². The van der Waals surface area contributed by atoms with Gasteiger partial charge in [-0.1, -0.05) is 13.3 Å². The highest BCUT2D eigenvalue weighted by Gasteiger charge is 2.11. The summed E-state index contributed by atoms with van der Waals surface area (Å²) < 4.78 is 5.44. The van der Waals surface area contributed by atoms with E-state index in [2.05, 4.69) is 13.0 Å². The van der Waals surface area contributed by atoms with Gasteiger partial charge in [0.05, 0.1) is 24.8 Å². The number of ether oxygens (including phenoxy) is 1. The molecule has 0 saturated heterocycles. The Balaban J connectivity index is 2.27. The standard InChI is InChI=1S/C16H18N2OS/c1-3-5-14-15(10-11-17)20-16(18-14)12-6-8-13(9-7-12)19-4-2/h6-9H,3-5,10H2,1-2H3. The van der Waals surface area contributed by atoms with Crippen LogP contribution in [0.4, 0.5) is 0 Å². The first kappa shape index (κ1) is 14.5. The minimum Gasteiger partial charge on any atom is -0.494 e. The lowest BCUT2D eigenvalue weighted by Gasteiger charge is -2.02. The molecule has 0 spiro atoms. The van der Waals surface area contributed by atoms with Crippen LogP contribution in [0.3, 0.4) is 0 Å². The zero-order chi connectivity index (χ0) is 14.4. The smallest absolute Gasteiger partial charge is 0.123 e. The molecule has 0 fully saturated rings. The SMILES string of the molecule is CCCc1nc(-c2ccc(OCC)cc2)sc1CC#N. The van der Waals surface area contributed by atoms with Crippen molar-refractivity contribution in [2.45, 2.75) is 33.1 Å². The molecule has 0 N–H and O–H groups in total. The quantitative estimate of drug-likeness (QED) is 0.798. The maximum Gasteiger partial charge on any atom is 0.123 e. The number of hydrogen-bond acceptors (Lipinski definition) is 4. The second kappa shape index (κ2) is 7.06. The van der Waals surface area contributed by atoms with Crippen molar-refractivity contribution >= 4 is 11.3 Å². The number of nitriles is 1. The average Bonchev–Trinajstić information content (AvgIpc) is 2.84. The molecule has 0 unspecified atom stereocenters. The van der Waals surface area contributed by atoms with Gasteiger partial charge in [0.1, 0.15) is 10.8 Å². The maximum atomic E-state index is 8.90. The molecule has 20 heavy (non-hydrogen) atoms. The monoisotopic (exact) mass is 286 g/mol. The number of aromatic nitrogens is 1. The van der Waals surface area contributed by atoms with Crippen molar-refractivity contribution in [3.8, 4) is 22.4 Å². The number of nitrogens with zero attached hydrogens (tertiary/aromatic N) is 2. The van der Waals surface area contributed by atoms with Crippen molar-refractivity contribution in [2.75, 3.05) is 6.61 Å². The summed E-state index contributed by atoms with van der Waals surface area (Å²) in [6.45, 7) is 4.77. The molecule has 4 heteroatoms. The van der Waals surface area contributed by atoms with Crippen LogP contribution < -0.4 is 4.74 Å². The van der Waals surface area contributed by atoms with Gasteiger partial charge in [0, 0.05) is 10.4 Å². The minimum atomic E-state index is 0.448. The third-order valence-corrected chi connectivity index (χ3v) is 4.06.